The second-order valence-corrected chi connectivity index (χ2v) is 6.28. The standard InChI is InChI=1S/C22H19FN2O6/c23-15-6-8-16(9-7-15)25-20(26)12-24-21(27)14-30-22(28)19-11-10-18(31-19)13-29-17-4-2-1-3-5-17/h1-11H,12-14H2,(H,24,27)(H,25,26). The summed E-state index contributed by atoms with van der Waals surface area (Å²) in [6.45, 7) is -0.796. The Hall–Kier alpha value is -4.14. The van der Waals surface area contributed by atoms with Crippen LogP contribution in [0.15, 0.2) is 71.1 Å². The van der Waals surface area contributed by atoms with E-state index in [4.69, 9.17) is 13.9 Å². The molecule has 0 aliphatic rings. The molecular formula is C22H19FN2O6. The van der Waals surface area contributed by atoms with Crippen LogP contribution in [0.4, 0.5) is 10.1 Å². The first-order chi connectivity index (χ1) is 15.0. The van der Waals surface area contributed by atoms with Crippen LogP contribution in [0.5, 0.6) is 5.75 Å². The number of hydrogen-bond acceptors (Lipinski definition) is 6. The first-order valence-electron chi connectivity index (χ1n) is 9.25. The summed E-state index contributed by atoms with van der Waals surface area (Å²) in [4.78, 5) is 35.5. The third kappa shape index (κ3) is 7.00. The molecule has 0 saturated carbocycles. The lowest BCUT2D eigenvalue weighted by Gasteiger charge is -2.07. The van der Waals surface area contributed by atoms with Gasteiger partial charge in [-0.15, -0.1) is 0 Å². The van der Waals surface area contributed by atoms with Crippen LogP contribution in [0.2, 0.25) is 0 Å². The van der Waals surface area contributed by atoms with Gasteiger partial charge < -0.3 is 24.5 Å². The second kappa shape index (κ2) is 10.6. The van der Waals surface area contributed by atoms with Gasteiger partial charge in [0.15, 0.2) is 6.61 Å². The van der Waals surface area contributed by atoms with Gasteiger partial charge in [0.25, 0.3) is 5.91 Å². The van der Waals surface area contributed by atoms with E-state index in [9.17, 15) is 18.8 Å². The van der Waals surface area contributed by atoms with Crippen molar-refractivity contribution in [2.24, 2.45) is 0 Å². The number of rotatable bonds is 9. The van der Waals surface area contributed by atoms with Crippen LogP contribution in [0.3, 0.4) is 0 Å². The molecule has 3 rings (SSSR count). The SMILES string of the molecule is O=C(COC(=O)c1ccc(COc2ccccc2)o1)NCC(=O)Nc1ccc(F)cc1. The molecule has 2 aromatic carbocycles. The molecule has 1 heterocycles. The fourth-order valence-corrected chi connectivity index (χ4v) is 2.41. The summed E-state index contributed by atoms with van der Waals surface area (Å²) in [6.07, 6.45) is 0. The van der Waals surface area contributed by atoms with Crippen molar-refractivity contribution in [3.63, 3.8) is 0 Å². The van der Waals surface area contributed by atoms with Gasteiger partial charge in [0.05, 0.1) is 6.54 Å². The minimum absolute atomic E-state index is 0.0754. The highest BCUT2D eigenvalue weighted by Crippen LogP contribution is 2.14. The lowest BCUT2D eigenvalue weighted by atomic mass is 10.3. The Labute approximate surface area is 177 Å². The van der Waals surface area contributed by atoms with Crippen molar-refractivity contribution < 1.29 is 32.7 Å². The Kier molecular flexibility index (Phi) is 7.36. The van der Waals surface area contributed by atoms with Crippen molar-refractivity contribution in [2.75, 3.05) is 18.5 Å². The van der Waals surface area contributed by atoms with Gasteiger partial charge in [0.2, 0.25) is 11.7 Å². The zero-order valence-electron chi connectivity index (χ0n) is 16.3. The summed E-state index contributed by atoms with van der Waals surface area (Å²) in [5.41, 5.74) is 0.386. The monoisotopic (exact) mass is 426 g/mol. The van der Waals surface area contributed by atoms with Crippen LogP contribution in [0.1, 0.15) is 16.3 Å². The number of nitrogens with one attached hydrogen (secondary N) is 2. The largest absolute Gasteiger partial charge is 0.486 e. The predicted octanol–water partition coefficient (Wildman–Crippen LogP) is 2.91. The lowest BCUT2D eigenvalue weighted by Crippen LogP contribution is -2.35. The molecule has 1 aromatic heterocycles. The molecule has 3 aromatic rings. The van der Waals surface area contributed by atoms with E-state index in [0.29, 0.717) is 17.2 Å². The number of amides is 2. The molecule has 0 spiro atoms. The van der Waals surface area contributed by atoms with Gasteiger partial charge in [-0.3, -0.25) is 9.59 Å². The summed E-state index contributed by atoms with van der Waals surface area (Å²) >= 11 is 0. The Balaban J connectivity index is 1.37. The first-order valence-corrected chi connectivity index (χ1v) is 9.25. The minimum Gasteiger partial charge on any atom is -0.486 e. The third-order valence-electron chi connectivity index (χ3n) is 3.90. The van der Waals surface area contributed by atoms with Crippen LogP contribution in [-0.2, 0) is 20.9 Å². The third-order valence-corrected chi connectivity index (χ3v) is 3.90. The molecule has 8 nitrogen and oxygen atoms in total. The maximum Gasteiger partial charge on any atom is 0.374 e. The maximum atomic E-state index is 12.8. The van der Waals surface area contributed by atoms with Gasteiger partial charge in [-0.1, -0.05) is 18.2 Å². The molecule has 2 N–H and O–H groups in total. The van der Waals surface area contributed by atoms with Crippen LogP contribution < -0.4 is 15.4 Å². The predicted molar refractivity (Wildman–Crippen MR) is 108 cm³/mol. The zero-order valence-corrected chi connectivity index (χ0v) is 16.3. The number of furan rings is 1. The topological polar surface area (TPSA) is 107 Å². The van der Waals surface area contributed by atoms with E-state index in [1.165, 1.54) is 30.3 Å². The van der Waals surface area contributed by atoms with E-state index in [-0.39, 0.29) is 18.9 Å². The fourth-order valence-electron chi connectivity index (χ4n) is 2.41. The van der Waals surface area contributed by atoms with Crippen LogP contribution in [-0.4, -0.2) is 30.9 Å². The lowest BCUT2D eigenvalue weighted by molar-refractivity contribution is -0.126. The number of hydrogen-bond donors (Lipinski definition) is 2. The van der Waals surface area contributed by atoms with Crippen LogP contribution in [0.25, 0.3) is 0 Å². The summed E-state index contributed by atoms with van der Waals surface area (Å²) in [5.74, 6) is -1.44. The van der Waals surface area contributed by atoms with E-state index in [0.717, 1.165) is 0 Å². The van der Waals surface area contributed by atoms with Gasteiger partial charge >= 0.3 is 5.97 Å². The molecule has 0 fully saturated rings. The van der Waals surface area contributed by atoms with Gasteiger partial charge in [-0.05, 0) is 48.5 Å². The highest BCUT2D eigenvalue weighted by atomic mass is 19.1. The van der Waals surface area contributed by atoms with Gasteiger partial charge in [0.1, 0.15) is 23.9 Å². The van der Waals surface area contributed by atoms with Crippen molar-refractivity contribution in [3.05, 3.63) is 84.1 Å². The van der Waals surface area contributed by atoms with Crippen molar-refractivity contribution in [3.8, 4) is 5.75 Å². The molecule has 0 atom stereocenters. The molecule has 0 bridgehead atoms. The van der Waals surface area contributed by atoms with Crippen molar-refractivity contribution in [1.29, 1.82) is 0 Å². The van der Waals surface area contributed by atoms with Crippen LogP contribution in [0, 0.1) is 5.82 Å². The summed E-state index contributed by atoms with van der Waals surface area (Å²) in [5, 5.41) is 4.80. The fraction of sp³-hybridized carbons (Fsp3) is 0.136. The Bertz CT molecular complexity index is 1030. The molecule has 0 aliphatic heterocycles. The number of esters is 1. The number of carbonyl (C=O) groups is 3. The average molecular weight is 426 g/mol. The van der Waals surface area contributed by atoms with Crippen molar-refractivity contribution >= 4 is 23.5 Å². The molecule has 9 heteroatoms. The number of halogens is 1. The van der Waals surface area contributed by atoms with E-state index in [1.54, 1.807) is 18.2 Å². The molecule has 0 saturated heterocycles. The summed E-state index contributed by atoms with van der Waals surface area (Å²) in [7, 11) is 0. The molecular weight excluding hydrogens is 407 g/mol. The molecule has 31 heavy (non-hydrogen) atoms. The van der Waals surface area contributed by atoms with Crippen molar-refractivity contribution in [1.82, 2.24) is 5.32 Å². The smallest absolute Gasteiger partial charge is 0.374 e. The van der Waals surface area contributed by atoms with E-state index in [2.05, 4.69) is 10.6 Å². The average Bonchev–Trinajstić information content (AvgIpc) is 3.26. The van der Waals surface area contributed by atoms with Gasteiger partial charge in [-0.25, -0.2) is 9.18 Å². The first kappa shape index (κ1) is 21.6. The number of carbonyl (C=O) groups excluding carboxylic acids is 3. The quantitative estimate of drug-likeness (QED) is 0.510. The molecule has 0 unspecified atom stereocenters. The number of anilines is 1. The zero-order chi connectivity index (χ0) is 22.1. The summed E-state index contributed by atoms with van der Waals surface area (Å²) < 4.78 is 28.6. The maximum absolute atomic E-state index is 12.8. The highest BCUT2D eigenvalue weighted by molar-refractivity contribution is 5.95. The van der Waals surface area contributed by atoms with Crippen molar-refractivity contribution in [2.45, 2.75) is 6.61 Å². The normalized spacial score (nSPS) is 10.2. The Morgan fingerprint density at radius 3 is 2.39 bits per heavy atom. The van der Waals surface area contributed by atoms with E-state index >= 15 is 0 Å². The Morgan fingerprint density at radius 1 is 0.903 bits per heavy atom. The highest BCUT2D eigenvalue weighted by Gasteiger charge is 2.15. The van der Waals surface area contributed by atoms with Gasteiger partial charge in [-0.2, -0.15) is 0 Å². The summed E-state index contributed by atoms with van der Waals surface area (Å²) in [6, 6.07) is 17.3. The molecule has 2 amide bonds. The second-order valence-electron chi connectivity index (χ2n) is 6.28. The molecule has 160 valence electrons. The number of benzene rings is 2. The minimum atomic E-state index is -0.822. The van der Waals surface area contributed by atoms with Gasteiger partial charge in [0, 0.05) is 5.69 Å². The number of ether oxygens (including phenoxy) is 2. The molecule has 0 aliphatic carbocycles. The van der Waals surface area contributed by atoms with E-state index in [1.807, 2.05) is 18.2 Å². The Morgan fingerprint density at radius 2 is 1.65 bits per heavy atom. The number of para-hydroxylation sites is 1. The molecule has 0 radical (unpaired) electrons. The van der Waals surface area contributed by atoms with Crippen LogP contribution >= 0.6 is 0 Å². The van der Waals surface area contributed by atoms with E-state index < -0.39 is 30.2 Å².